The van der Waals surface area contributed by atoms with E-state index in [1.807, 2.05) is 36.4 Å². The number of hydrogen-bond acceptors (Lipinski definition) is 4. The summed E-state index contributed by atoms with van der Waals surface area (Å²) in [7, 11) is -2.38. The van der Waals surface area contributed by atoms with Gasteiger partial charge in [0.25, 0.3) is 15.9 Å². The van der Waals surface area contributed by atoms with E-state index in [0.717, 1.165) is 5.56 Å². The normalized spacial score (nSPS) is 11.2. The fourth-order valence-electron chi connectivity index (χ4n) is 3.29. The van der Waals surface area contributed by atoms with Gasteiger partial charge in [0.15, 0.2) is 5.82 Å². The summed E-state index contributed by atoms with van der Waals surface area (Å²) in [4.78, 5) is 12.6. The van der Waals surface area contributed by atoms with Crippen molar-refractivity contribution in [2.45, 2.75) is 11.4 Å². The molecule has 0 unspecified atom stereocenters. The fourth-order valence-corrected chi connectivity index (χ4v) is 5.25. The molecule has 33 heavy (non-hydrogen) atoms. The van der Waals surface area contributed by atoms with Crippen molar-refractivity contribution in [2.24, 2.45) is 7.05 Å². The second-order valence-electron chi connectivity index (χ2n) is 7.31. The molecule has 4 rings (SSSR count). The minimum Gasteiger partial charge on any atom is -0.305 e. The molecule has 1 N–H and O–H groups in total. The Kier molecular flexibility index (Phi) is 6.48. The van der Waals surface area contributed by atoms with Gasteiger partial charge in [0.05, 0.1) is 17.3 Å². The number of aromatic nitrogens is 2. The Morgan fingerprint density at radius 2 is 1.67 bits per heavy atom. The highest BCUT2D eigenvalue weighted by atomic mass is 35.5. The SMILES string of the molecule is Cn1ccc(NC(=O)c2ccc(Cl)c(S(=O)(=O)N(Cc3ccccc3)c3ccccc3)c2)n1. The van der Waals surface area contributed by atoms with Gasteiger partial charge >= 0.3 is 0 Å². The second-order valence-corrected chi connectivity index (χ2v) is 9.54. The quantitative estimate of drug-likeness (QED) is 0.414. The Balaban J connectivity index is 1.72. The van der Waals surface area contributed by atoms with Gasteiger partial charge in [-0.3, -0.25) is 13.8 Å². The average molecular weight is 481 g/mol. The number of halogens is 1. The van der Waals surface area contributed by atoms with Gasteiger partial charge in [-0.2, -0.15) is 5.10 Å². The van der Waals surface area contributed by atoms with Gasteiger partial charge < -0.3 is 5.32 Å². The molecule has 0 bridgehead atoms. The Hall–Kier alpha value is -3.62. The second kappa shape index (κ2) is 9.48. The summed E-state index contributed by atoms with van der Waals surface area (Å²) >= 11 is 6.33. The van der Waals surface area contributed by atoms with Crippen LogP contribution in [0.4, 0.5) is 11.5 Å². The highest BCUT2D eigenvalue weighted by molar-refractivity contribution is 7.93. The van der Waals surface area contributed by atoms with E-state index in [4.69, 9.17) is 11.6 Å². The summed E-state index contributed by atoms with van der Waals surface area (Å²) in [6.45, 7) is 0.105. The number of sulfonamides is 1. The fraction of sp³-hybridized carbons (Fsp3) is 0.0833. The molecule has 0 saturated heterocycles. The first-order chi connectivity index (χ1) is 15.8. The number of aryl methyl sites for hydroxylation is 1. The lowest BCUT2D eigenvalue weighted by molar-refractivity contribution is 0.102. The maximum Gasteiger partial charge on any atom is 0.266 e. The highest BCUT2D eigenvalue weighted by Crippen LogP contribution is 2.31. The van der Waals surface area contributed by atoms with Crippen LogP contribution in [0.3, 0.4) is 0 Å². The van der Waals surface area contributed by atoms with Crippen LogP contribution in [-0.2, 0) is 23.6 Å². The van der Waals surface area contributed by atoms with Crippen LogP contribution < -0.4 is 9.62 Å². The molecule has 0 spiro atoms. The Bertz CT molecular complexity index is 1370. The molecule has 0 aliphatic carbocycles. The first-order valence-electron chi connectivity index (χ1n) is 10.1. The van der Waals surface area contributed by atoms with E-state index in [2.05, 4.69) is 10.4 Å². The van der Waals surface area contributed by atoms with Crippen molar-refractivity contribution in [3.05, 3.63) is 107 Å². The molecule has 0 saturated carbocycles. The molecule has 4 aromatic rings. The lowest BCUT2D eigenvalue weighted by Gasteiger charge is -2.25. The van der Waals surface area contributed by atoms with Crippen molar-refractivity contribution in [3.8, 4) is 0 Å². The summed E-state index contributed by atoms with van der Waals surface area (Å²) in [5.41, 5.74) is 1.45. The maximum absolute atomic E-state index is 13.8. The number of amides is 1. The highest BCUT2D eigenvalue weighted by Gasteiger charge is 2.28. The van der Waals surface area contributed by atoms with Crippen LogP contribution >= 0.6 is 11.6 Å². The first kappa shape index (κ1) is 22.6. The average Bonchev–Trinajstić information content (AvgIpc) is 3.23. The van der Waals surface area contributed by atoms with E-state index >= 15 is 0 Å². The van der Waals surface area contributed by atoms with Gasteiger partial charge in [-0.15, -0.1) is 0 Å². The predicted octanol–water partition coefficient (Wildman–Crippen LogP) is 4.72. The molecule has 0 aliphatic rings. The van der Waals surface area contributed by atoms with Crippen molar-refractivity contribution in [2.75, 3.05) is 9.62 Å². The lowest BCUT2D eigenvalue weighted by Crippen LogP contribution is -2.31. The minimum absolute atomic E-state index is 0.0263. The third kappa shape index (κ3) is 5.08. The van der Waals surface area contributed by atoms with E-state index in [1.165, 1.54) is 22.5 Å². The van der Waals surface area contributed by atoms with Gasteiger partial charge in [-0.25, -0.2) is 8.42 Å². The minimum atomic E-state index is -4.11. The van der Waals surface area contributed by atoms with Crippen molar-refractivity contribution < 1.29 is 13.2 Å². The van der Waals surface area contributed by atoms with Crippen LogP contribution in [-0.4, -0.2) is 24.1 Å². The monoisotopic (exact) mass is 480 g/mol. The van der Waals surface area contributed by atoms with Crippen LogP contribution in [0.15, 0.2) is 96.0 Å². The Morgan fingerprint density at radius 1 is 1.00 bits per heavy atom. The lowest BCUT2D eigenvalue weighted by atomic mass is 10.2. The molecular formula is C24H21ClN4O3S. The number of carbonyl (C=O) groups excluding carboxylic acids is 1. The van der Waals surface area contributed by atoms with Gasteiger partial charge in [0.2, 0.25) is 0 Å². The third-order valence-electron chi connectivity index (χ3n) is 4.93. The maximum atomic E-state index is 13.8. The Labute approximate surface area is 197 Å². The molecule has 0 fully saturated rings. The van der Waals surface area contributed by atoms with E-state index in [9.17, 15) is 13.2 Å². The molecule has 0 aliphatic heterocycles. The number of benzene rings is 3. The first-order valence-corrected chi connectivity index (χ1v) is 11.9. The van der Waals surface area contributed by atoms with E-state index in [0.29, 0.717) is 11.5 Å². The van der Waals surface area contributed by atoms with Crippen molar-refractivity contribution >= 4 is 39.0 Å². The number of anilines is 2. The zero-order valence-electron chi connectivity index (χ0n) is 17.7. The molecular weight excluding hydrogens is 460 g/mol. The zero-order chi connectivity index (χ0) is 23.4. The van der Waals surface area contributed by atoms with Gasteiger partial charge in [0.1, 0.15) is 4.90 Å². The van der Waals surface area contributed by atoms with Crippen molar-refractivity contribution in [1.82, 2.24) is 9.78 Å². The molecule has 1 amide bonds. The Morgan fingerprint density at radius 3 is 2.30 bits per heavy atom. The summed E-state index contributed by atoms with van der Waals surface area (Å²) in [5.74, 6) is -0.131. The number of hydrogen-bond donors (Lipinski definition) is 1. The molecule has 168 valence electrons. The topological polar surface area (TPSA) is 84.3 Å². The molecule has 1 heterocycles. The summed E-state index contributed by atoms with van der Waals surface area (Å²) in [6, 6.07) is 23.9. The van der Waals surface area contributed by atoms with E-state index in [-0.39, 0.29) is 22.0 Å². The summed E-state index contributed by atoms with van der Waals surface area (Å²) in [5, 5.41) is 6.79. The van der Waals surface area contributed by atoms with Gasteiger partial charge in [0, 0.05) is 24.9 Å². The van der Waals surface area contributed by atoms with E-state index in [1.54, 1.807) is 48.3 Å². The predicted molar refractivity (Wildman–Crippen MR) is 129 cm³/mol. The third-order valence-corrected chi connectivity index (χ3v) is 7.19. The van der Waals surface area contributed by atoms with Crippen LogP contribution in [0.2, 0.25) is 5.02 Å². The summed E-state index contributed by atoms with van der Waals surface area (Å²) < 4.78 is 30.4. The van der Waals surface area contributed by atoms with Crippen LogP contribution in [0, 0.1) is 0 Å². The smallest absolute Gasteiger partial charge is 0.266 e. The molecule has 1 aromatic heterocycles. The number of carbonyl (C=O) groups is 1. The zero-order valence-corrected chi connectivity index (χ0v) is 19.3. The van der Waals surface area contributed by atoms with Crippen molar-refractivity contribution in [1.29, 1.82) is 0 Å². The molecule has 9 heteroatoms. The van der Waals surface area contributed by atoms with Crippen molar-refractivity contribution in [3.63, 3.8) is 0 Å². The molecule has 0 atom stereocenters. The standard InChI is InChI=1S/C24H21ClN4O3S/c1-28-15-14-23(27-28)26-24(30)19-12-13-21(25)22(16-19)33(31,32)29(20-10-6-3-7-11-20)17-18-8-4-2-5-9-18/h2-16H,17H2,1H3,(H,26,27,30). The van der Waals surface area contributed by atoms with Crippen LogP contribution in [0.25, 0.3) is 0 Å². The van der Waals surface area contributed by atoms with Gasteiger partial charge in [-0.1, -0.05) is 60.1 Å². The molecule has 0 radical (unpaired) electrons. The molecule has 7 nitrogen and oxygen atoms in total. The number of nitrogens with zero attached hydrogens (tertiary/aromatic N) is 3. The molecule has 3 aromatic carbocycles. The largest absolute Gasteiger partial charge is 0.305 e. The van der Waals surface area contributed by atoms with Gasteiger partial charge in [-0.05, 0) is 35.9 Å². The number of nitrogens with one attached hydrogen (secondary N) is 1. The van der Waals surface area contributed by atoms with E-state index < -0.39 is 15.9 Å². The number of para-hydroxylation sites is 1. The van der Waals surface area contributed by atoms with Crippen LogP contribution in [0.1, 0.15) is 15.9 Å². The summed E-state index contributed by atoms with van der Waals surface area (Å²) in [6.07, 6.45) is 1.69. The number of rotatable bonds is 7. The van der Waals surface area contributed by atoms with Crippen LogP contribution in [0.5, 0.6) is 0 Å².